The highest BCUT2D eigenvalue weighted by Gasteiger charge is 2.33. The largest absolute Gasteiger partial charge is 0.464 e. The van der Waals surface area contributed by atoms with Gasteiger partial charge in [-0.2, -0.15) is 0 Å². The molecule has 2 atom stereocenters. The third-order valence-electron chi connectivity index (χ3n) is 4.49. The Labute approximate surface area is 160 Å². The average molecular weight is 417 g/mol. The van der Waals surface area contributed by atoms with E-state index in [1.165, 1.54) is 30.1 Å². The van der Waals surface area contributed by atoms with E-state index in [2.05, 4.69) is 19.8 Å². The summed E-state index contributed by atoms with van der Waals surface area (Å²) in [4.78, 5) is 11.1. The van der Waals surface area contributed by atoms with Crippen molar-refractivity contribution in [3.8, 4) is 0 Å². The van der Waals surface area contributed by atoms with Crippen molar-refractivity contribution in [2.24, 2.45) is 0 Å². The molecule has 146 valence electrons. The number of nitrogens with zero attached hydrogens (tertiary/aromatic N) is 3. The summed E-state index contributed by atoms with van der Waals surface area (Å²) in [6.45, 7) is 0. The number of ether oxygens (including phenoxy) is 1. The van der Waals surface area contributed by atoms with Crippen molar-refractivity contribution in [1.82, 2.24) is 19.7 Å². The number of nitrogens with one attached hydrogen (secondary N) is 1. The molecule has 0 radical (unpaired) electrons. The smallest absolute Gasteiger partial charge is 0.360 e. The predicted molar refractivity (Wildman–Crippen MR) is 94.4 cm³/mol. The lowest BCUT2D eigenvalue weighted by molar-refractivity contribution is 0.0594. The van der Waals surface area contributed by atoms with Gasteiger partial charge in [-0.3, -0.25) is 0 Å². The molecule has 1 aromatic carbocycles. The van der Waals surface area contributed by atoms with Crippen molar-refractivity contribution in [1.29, 1.82) is 0 Å². The standard InChI is InChI=1S/C16H18ClFN4O4S/c1-26-16(23)12-9-22(21-19-12)13-7-3-2-6-11(13)20-27(24,25)14-8-4-5-10(17)15(14)18/h4-5,8-9,11,13,20H,2-3,6-7H2,1H3. The molecule has 1 saturated carbocycles. The van der Waals surface area contributed by atoms with Gasteiger partial charge >= 0.3 is 5.97 Å². The zero-order valence-corrected chi connectivity index (χ0v) is 16.0. The number of benzene rings is 1. The minimum absolute atomic E-state index is 0.0329. The summed E-state index contributed by atoms with van der Waals surface area (Å²) in [5, 5.41) is 7.42. The van der Waals surface area contributed by atoms with E-state index in [1.54, 1.807) is 0 Å². The number of rotatable bonds is 5. The maximum atomic E-state index is 14.2. The van der Waals surface area contributed by atoms with Gasteiger partial charge in [0.1, 0.15) is 4.90 Å². The molecule has 0 amide bonds. The van der Waals surface area contributed by atoms with Gasteiger partial charge in [0.05, 0.1) is 24.4 Å². The third-order valence-corrected chi connectivity index (χ3v) is 6.29. The Bertz CT molecular complexity index is 950. The lowest BCUT2D eigenvalue weighted by atomic mass is 9.91. The molecule has 0 spiro atoms. The number of carbonyl (C=O) groups excluding carboxylic acids is 1. The van der Waals surface area contributed by atoms with Gasteiger partial charge < -0.3 is 4.74 Å². The van der Waals surface area contributed by atoms with E-state index in [9.17, 15) is 17.6 Å². The van der Waals surface area contributed by atoms with Crippen molar-refractivity contribution in [3.63, 3.8) is 0 Å². The SMILES string of the molecule is COC(=O)c1cn(C2CCCCC2NS(=O)(=O)c2cccc(Cl)c2F)nn1. The summed E-state index contributed by atoms with van der Waals surface area (Å²) in [6, 6.07) is 2.92. The van der Waals surface area contributed by atoms with Gasteiger partial charge in [0.2, 0.25) is 10.0 Å². The number of carbonyl (C=O) groups is 1. The normalized spacial score (nSPS) is 20.4. The van der Waals surface area contributed by atoms with Gasteiger partial charge in [0.15, 0.2) is 11.5 Å². The van der Waals surface area contributed by atoms with E-state index in [0.29, 0.717) is 12.8 Å². The second-order valence-electron chi connectivity index (χ2n) is 6.21. The molecule has 0 bridgehead atoms. The van der Waals surface area contributed by atoms with Crippen molar-refractivity contribution in [3.05, 3.63) is 40.9 Å². The quantitative estimate of drug-likeness (QED) is 0.750. The maximum Gasteiger partial charge on any atom is 0.360 e. The van der Waals surface area contributed by atoms with Crippen LogP contribution in [-0.4, -0.2) is 42.5 Å². The van der Waals surface area contributed by atoms with Gasteiger partial charge in [-0.1, -0.05) is 35.7 Å². The summed E-state index contributed by atoms with van der Waals surface area (Å²) in [6.07, 6.45) is 4.26. The van der Waals surface area contributed by atoms with Gasteiger partial charge in [-0.25, -0.2) is 27.0 Å². The first-order valence-corrected chi connectivity index (χ1v) is 10.2. The van der Waals surface area contributed by atoms with Gasteiger partial charge in [0, 0.05) is 6.04 Å². The Morgan fingerprint density at radius 1 is 1.37 bits per heavy atom. The van der Waals surface area contributed by atoms with Crippen molar-refractivity contribution >= 4 is 27.6 Å². The number of aromatic nitrogens is 3. The van der Waals surface area contributed by atoms with Crippen molar-refractivity contribution in [2.45, 2.75) is 42.7 Å². The molecule has 11 heteroatoms. The molecule has 1 aliphatic carbocycles. The zero-order chi connectivity index (χ0) is 19.6. The summed E-state index contributed by atoms with van der Waals surface area (Å²) in [5.74, 6) is -1.62. The van der Waals surface area contributed by atoms with Crippen LogP contribution in [0.15, 0.2) is 29.3 Å². The van der Waals surface area contributed by atoms with Crippen LogP contribution in [0.25, 0.3) is 0 Å². The van der Waals surface area contributed by atoms with Crippen LogP contribution in [0.1, 0.15) is 42.2 Å². The number of hydrogen-bond acceptors (Lipinski definition) is 6. The van der Waals surface area contributed by atoms with Gasteiger partial charge in [0.25, 0.3) is 0 Å². The predicted octanol–water partition coefficient (Wildman–Crippen LogP) is 2.32. The Morgan fingerprint density at radius 3 is 2.85 bits per heavy atom. The van der Waals surface area contributed by atoms with E-state index < -0.39 is 32.7 Å². The summed E-state index contributed by atoms with van der Waals surface area (Å²) < 4.78 is 48.1. The Morgan fingerprint density at radius 2 is 2.11 bits per heavy atom. The second kappa shape index (κ2) is 7.91. The molecule has 1 aliphatic rings. The number of halogens is 2. The van der Waals surface area contributed by atoms with Gasteiger partial charge in [-0.05, 0) is 25.0 Å². The minimum Gasteiger partial charge on any atom is -0.464 e. The monoisotopic (exact) mass is 416 g/mol. The summed E-state index contributed by atoms with van der Waals surface area (Å²) in [5.41, 5.74) is 0.0329. The van der Waals surface area contributed by atoms with Crippen LogP contribution in [0.4, 0.5) is 4.39 Å². The summed E-state index contributed by atoms with van der Waals surface area (Å²) >= 11 is 5.70. The van der Waals surface area contributed by atoms with Crippen LogP contribution in [0.3, 0.4) is 0 Å². The lowest BCUT2D eigenvalue weighted by Crippen LogP contribution is -2.43. The lowest BCUT2D eigenvalue weighted by Gasteiger charge is -2.31. The molecule has 1 aromatic heterocycles. The molecule has 2 unspecified atom stereocenters. The molecule has 1 N–H and O–H groups in total. The topological polar surface area (TPSA) is 103 Å². The third kappa shape index (κ3) is 4.12. The Balaban J connectivity index is 1.86. The summed E-state index contributed by atoms with van der Waals surface area (Å²) in [7, 11) is -2.90. The van der Waals surface area contributed by atoms with Crippen LogP contribution < -0.4 is 4.72 Å². The second-order valence-corrected chi connectivity index (χ2v) is 8.30. The van der Waals surface area contributed by atoms with Crippen molar-refractivity contribution < 1.29 is 22.3 Å². The molecular weight excluding hydrogens is 399 g/mol. The van der Waals surface area contributed by atoms with Crippen LogP contribution in [0.2, 0.25) is 5.02 Å². The fourth-order valence-corrected chi connectivity index (χ4v) is 4.79. The number of esters is 1. The van der Waals surface area contributed by atoms with Crippen LogP contribution in [-0.2, 0) is 14.8 Å². The highest BCUT2D eigenvalue weighted by Crippen LogP contribution is 2.30. The first-order chi connectivity index (χ1) is 12.8. The van der Waals surface area contributed by atoms with Crippen molar-refractivity contribution in [2.75, 3.05) is 7.11 Å². The van der Waals surface area contributed by atoms with Crippen LogP contribution >= 0.6 is 11.6 Å². The van der Waals surface area contributed by atoms with E-state index >= 15 is 0 Å². The van der Waals surface area contributed by atoms with E-state index in [1.807, 2.05) is 0 Å². The van der Waals surface area contributed by atoms with Crippen LogP contribution in [0.5, 0.6) is 0 Å². The Hall–Kier alpha value is -2.04. The molecule has 1 fully saturated rings. The fourth-order valence-electron chi connectivity index (χ4n) is 3.16. The molecule has 0 aliphatic heterocycles. The molecular formula is C16H18ClFN4O4S. The van der Waals surface area contributed by atoms with Gasteiger partial charge in [-0.15, -0.1) is 5.10 Å². The molecule has 27 heavy (non-hydrogen) atoms. The average Bonchev–Trinajstić information content (AvgIpc) is 3.13. The highest BCUT2D eigenvalue weighted by molar-refractivity contribution is 7.89. The van der Waals surface area contributed by atoms with E-state index in [0.717, 1.165) is 18.9 Å². The maximum absolute atomic E-state index is 14.2. The van der Waals surface area contributed by atoms with Crippen LogP contribution in [0, 0.1) is 5.82 Å². The number of sulfonamides is 1. The molecule has 1 heterocycles. The van der Waals surface area contributed by atoms with E-state index in [-0.39, 0.29) is 16.8 Å². The highest BCUT2D eigenvalue weighted by atomic mass is 35.5. The zero-order valence-electron chi connectivity index (χ0n) is 14.4. The molecule has 0 saturated heterocycles. The fraction of sp³-hybridized carbons (Fsp3) is 0.438. The first kappa shape index (κ1) is 19.7. The number of methoxy groups -OCH3 is 1. The molecule has 3 rings (SSSR count). The minimum atomic E-state index is -4.13. The molecule has 2 aromatic rings. The first-order valence-electron chi connectivity index (χ1n) is 8.30. The Kier molecular flexibility index (Phi) is 5.78. The van der Waals surface area contributed by atoms with E-state index in [4.69, 9.17) is 11.6 Å². The number of hydrogen-bond donors (Lipinski definition) is 1. The molecule has 8 nitrogen and oxygen atoms in total.